The maximum Gasteiger partial charge on any atom is 0.263 e. The van der Waals surface area contributed by atoms with Crippen LogP contribution < -0.4 is 4.72 Å². The number of sulfonamides is 1. The van der Waals surface area contributed by atoms with Crippen molar-refractivity contribution in [1.29, 1.82) is 0 Å². The van der Waals surface area contributed by atoms with E-state index in [2.05, 4.69) is 9.88 Å². The maximum atomic E-state index is 13.0. The molecule has 0 saturated heterocycles. The maximum absolute atomic E-state index is 13.0. The molecule has 1 N–H and O–H groups in total. The van der Waals surface area contributed by atoms with Crippen LogP contribution >= 0.6 is 0 Å². The highest BCUT2D eigenvalue weighted by Crippen LogP contribution is 2.32. The first-order chi connectivity index (χ1) is 12.9. The van der Waals surface area contributed by atoms with E-state index < -0.39 is 10.0 Å². The Morgan fingerprint density at radius 2 is 1.81 bits per heavy atom. The molecule has 6 nitrogen and oxygen atoms in total. The lowest BCUT2D eigenvalue weighted by atomic mass is 10.0. The summed E-state index contributed by atoms with van der Waals surface area (Å²) >= 11 is 0. The number of methoxy groups -OCH3 is 1. The number of benzene rings is 2. The van der Waals surface area contributed by atoms with Crippen molar-refractivity contribution in [2.75, 3.05) is 11.8 Å². The van der Waals surface area contributed by atoms with E-state index in [0.29, 0.717) is 16.9 Å². The SMILES string of the molecule is [2H]COCc1ccccc1-c1ccccc1S(=O)(=O)Nc1noc(C)c1C. The molecular weight excluding hydrogens is 352 g/mol. The molecule has 0 unspecified atom stereocenters. The monoisotopic (exact) mass is 373 g/mol. The molecule has 0 fully saturated rings. The van der Waals surface area contributed by atoms with Crippen LogP contribution in [0.25, 0.3) is 11.1 Å². The lowest BCUT2D eigenvalue weighted by molar-refractivity contribution is 0.185. The molecule has 0 aliphatic rings. The van der Waals surface area contributed by atoms with Crippen LogP contribution in [0.1, 0.15) is 18.3 Å². The van der Waals surface area contributed by atoms with E-state index in [-0.39, 0.29) is 24.4 Å². The zero-order valence-electron chi connectivity index (χ0n) is 15.5. The zero-order valence-corrected chi connectivity index (χ0v) is 15.3. The molecule has 1 heterocycles. The Kier molecular flexibility index (Phi) is 4.73. The van der Waals surface area contributed by atoms with Gasteiger partial charge in [0, 0.05) is 18.2 Å². The van der Waals surface area contributed by atoms with Gasteiger partial charge in [0.05, 0.1) is 12.9 Å². The molecule has 0 radical (unpaired) electrons. The number of aromatic nitrogens is 1. The molecule has 0 bridgehead atoms. The van der Waals surface area contributed by atoms with Crippen molar-refractivity contribution < 1.29 is 19.0 Å². The number of hydrogen-bond donors (Lipinski definition) is 1. The minimum atomic E-state index is -3.89. The molecule has 0 atom stereocenters. The van der Waals surface area contributed by atoms with Crippen molar-refractivity contribution in [3.05, 3.63) is 65.4 Å². The fraction of sp³-hybridized carbons (Fsp3) is 0.211. The number of hydrogen-bond acceptors (Lipinski definition) is 5. The Bertz CT molecular complexity index is 1050. The van der Waals surface area contributed by atoms with E-state index in [9.17, 15) is 8.42 Å². The first-order valence-electron chi connectivity index (χ1n) is 8.64. The largest absolute Gasteiger partial charge is 0.380 e. The van der Waals surface area contributed by atoms with E-state index in [0.717, 1.165) is 11.1 Å². The summed E-state index contributed by atoms with van der Waals surface area (Å²) < 4.78 is 46.0. The van der Waals surface area contributed by atoms with E-state index in [1.54, 1.807) is 38.1 Å². The number of anilines is 1. The Balaban J connectivity index is 2.06. The number of rotatable bonds is 6. The topological polar surface area (TPSA) is 81.4 Å². The van der Waals surface area contributed by atoms with Crippen LogP contribution in [0, 0.1) is 13.8 Å². The predicted molar refractivity (Wildman–Crippen MR) is 99.4 cm³/mol. The summed E-state index contributed by atoms with van der Waals surface area (Å²) in [6.45, 7) is 3.68. The number of nitrogens with one attached hydrogen (secondary N) is 1. The molecule has 3 aromatic rings. The molecule has 0 amide bonds. The molecule has 0 aliphatic carbocycles. The van der Waals surface area contributed by atoms with Crippen LogP contribution in [0.2, 0.25) is 0 Å². The molecule has 3 rings (SSSR count). The van der Waals surface area contributed by atoms with Crippen molar-refractivity contribution in [1.82, 2.24) is 5.16 Å². The Labute approximate surface area is 154 Å². The van der Waals surface area contributed by atoms with Gasteiger partial charge in [0.1, 0.15) is 5.76 Å². The fourth-order valence-electron chi connectivity index (χ4n) is 2.64. The highest BCUT2D eigenvalue weighted by Gasteiger charge is 2.23. The normalized spacial score (nSPS) is 12.0. The highest BCUT2D eigenvalue weighted by molar-refractivity contribution is 7.92. The van der Waals surface area contributed by atoms with Crippen LogP contribution in [-0.2, 0) is 21.4 Å². The zero-order chi connectivity index (χ0) is 19.4. The number of ether oxygens (including phenoxy) is 1. The minimum absolute atomic E-state index is 0.128. The molecular formula is C19H20N2O4S. The van der Waals surface area contributed by atoms with E-state index in [1.807, 2.05) is 24.3 Å². The van der Waals surface area contributed by atoms with Gasteiger partial charge in [0.15, 0.2) is 5.82 Å². The summed E-state index contributed by atoms with van der Waals surface area (Å²) in [6, 6.07) is 14.1. The first-order valence-corrected chi connectivity index (χ1v) is 9.42. The van der Waals surface area contributed by atoms with E-state index in [1.165, 1.54) is 0 Å². The molecule has 0 spiro atoms. The quantitative estimate of drug-likeness (QED) is 0.708. The van der Waals surface area contributed by atoms with Crippen molar-refractivity contribution in [3.8, 4) is 11.1 Å². The second kappa shape index (κ2) is 7.31. The van der Waals surface area contributed by atoms with Gasteiger partial charge in [-0.2, -0.15) is 0 Å². The van der Waals surface area contributed by atoms with Crippen molar-refractivity contribution in [2.24, 2.45) is 0 Å². The summed E-state index contributed by atoms with van der Waals surface area (Å²) in [5, 5.41) is 3.78. The van der Waals surface area contributed by atoms with Gasteiger partial charge in [-0.05, 0) is 31.0 Å². The van der Waals surface area contributed by atoms with E-state index >= 15 is 0 Å². The van der Waals surface area contributed by atoms with Crippen molar-refractivity contribution >= 4 is 15.8 Å². The third kappa shape index (κ3) is 3.49. The van der Waals surface area contributed by atoms with Crippen LogP contribution in [0.3, 0.4) is 0 Å². The van der Waals surface area contributed by atoms with Gasteiger partial charge in [-0.25, -0.2) is 8.42 Å². The predicted octanol–water partition coefficient (Wildman–Crippen LogP) is 3.91. The second-order valence-corrected chi connectivity index (χ2v) is 7.47. The van der Waals surface area contributed by atoms with Gasteiger partial charge in [0.2, 0.25) is 0 Å². The number of nitrogens with zero attached hydrogens (tertiary/aromatic N) is 1. The summed E-state index contributed by atoms with van der Waals surface area (Å²) in [5.41, 5.74) is 2.73. The molecule has 7 heteroatoms. The molecule has 0 saturated carbocycles. The Hall–Kier alpha value is -2.64. The van der Waals surface area contributed by atoms with Crippen LogP contribution in [0.15, 0.2) is 57.9 Å². The highest BCUT2D eigenvalue weighted by atomic mass is 32.2. The molecule has 136 valence electrons. The van der Waals surface area contributed by atoms with Crippen LogP contribution in [0.4, 0.5) is 5.82 Å². The second-order valence-electron chi connectivity index (χ2n) is 5.82. The smallest absolute Gasteiger partial charge is 0.263 e. The Morgan fingerprint density at radius 1 is 1.12 bits per heavy atom. The summed E-state index contributed by atoms with van der Waals surface area (Å²) in [7, 11) is -4.05. The summed E-state index contributed by atoms with van der Waals surface area (Å²) in [6.07, 6.45) is 0. The van der Waals surface area contributed by atoms with Gasteiger partial charge in [-0.1, -0.05) is 47.6 Å². The molecule has 2 aromatic carbocycles. The van der Waals surface area contributed by atoms with Gasteiger partial charge in [-0.15, -0.1) is 0 Å². The average Bonchev–Trinajstić information content (AvgIpc) is 2.98. The van der Waals surface area contributed by atoms with Gasteiger partial charge < -0.3 is 9.26 Å². The van der Waals surface area contributed by atoms with Crippen molar-refractivity contribution in [2.45, 2.75) is 25.3 Å². The van der Waals surface area contributed by atoms with Gasteiger partial charge >= 0.3 is 0 Å². The lowest BCUT2D eigenvalue weighted by Gasteiger charge is -2.14. The molecule has 26 heavy (non-hydrogen) atoms. The fourth-order valence-corrected chi connectivity index (χ4v) is 3.92. The van der Waals surface area contributed by atoms with E-state index in [4.69, 9.17) is 10.6 Å². The molecule has 0 aliphatic heterocycles. The standard InChI is InChI=1S/C19H20N2O4S/c1-13-14(2)25-20-19(13)21-26(22,23)18-11-7-6-10-17(18)16-9-5-4-8-15(16)12-24-3/h4-11H,12H2,1-3H3,(H,20,21)/i3D. The third-order valence-corrected chi connectivity index (χ3v) is 5.53. The molecule has 1 aromatic heterocycles. The third-order valence-electron chi connectivity index (χ3n) is 4.13. The Morgan fingerprint density at radius 3 is 2.50 bits per heavy atom. The van der Waals surface area contributed by atoms with Gasteiger partial charge in [0.25, 0.3) is 10.0 Å². The lowest BCUT2D eigenvalue weighted by Crippen LogP contribution is -2.15. The number of aryl methyl sites for hydroxylation is 1. The van der Waals surface area contributed by atoms with Gasteiger partial charge in [-0.3, -0.25) is 4.72 Å². The van der Waals surface area contributed by atoms with Crippen molar-refractivity contribution in [3.63, 3.8) is 0 Å². The van der Waals surface area contributed by atoms with Crippen LogP contribution in [0.5, 0.6) is 0 Å². The first kappa shape index (κ1) is 16.8. The van der Waals surface area contributed by atoms with Crippen LogP contribution in [-0.4, -0.2) is 20.7 Å². The average molecular weight is 373 g/mol. The minimum Gasteiger partial charge on any atom is -0.380 e. The summed E-state index contributed by atoms with van der Waals surface area (Å²) in [5.74, 6) is 0.729. The summed E-state index contributed by atoms with van der Waals surface area (Å²) in [4.78, 5) is 0.128.